The Morgan fingerprint density at radius 2 is 2.12 bits per heavy atom. The van der Waals surface area contributed by atoms with E-state index in [9.17, 15) is 4.79 Å². The smallest absolute Gasteiger partial charge is 0.182 e. The van der Waals surface area contributed by atoms with Gasteiger partial charge in [-0.05, 0) is 18.8 Å². The quantitative estimate of drug-likeness (QED) is 0.814. The van der Waals surface area contributed by atoms with E-state index in [1.165, 1.54) is 0 Å². The molecule has 3 nitrogen and oxygen atoms in total. The van der Waals surface area contributed by atoms with Crippen molar-refractivity contribution in [1.29, 1.82) is 0 Å². The Hall–Kier alpha value is -0.740. The van der Waals surface area contributed by atoms with Crippen LogP contribution in [0.5, 0.6) is 0 Å². The van der Waals surface area contributed by atoms with Gasteiger partial charge in [0.1, 0.15) is 16.8 Å². The van der Waals surface area contributed by atoms with Gasteiger partial charge in [0.2, 0.25) is 0 Å². The lowest BCUT2D eigenvalue weighted by atomic mass is 10.0. The van der Waals surface area contributed by atoms with Crippen LogP contribution in [0.15, 0.2) is 0 Å². The number of aromatic nitrogens is 1. The number of ether oxygens (including phenoxy) is 1. The highest BCUT2D eigenvalue weighted by Crippen LogP contribution is 2.33. The third kappa shape index (κ3) is 2.04. The number of hydrogen-bond donors (Lipinski definition) is 0. The van der Waals surface area contributed by atoms with Gasteiger partial charge in [-0.2, -0.15) is 0 Å². The van der Waals surface area contributed by atoms with Gasteiger partial charge >= 0.3 is 0 Å². The summed E-state index contributed by atoms with van der Waals surface area (Å²) in [4.78, 5) is 17.3. The van der Waals surface area contributed by atoms with Gasteiger partial charge in [0.05, 0.1) is 0 Å². The van der Waals surface area contributed by atoms with Crippen molar-refractivity contribution in [1.82, 2.24) is 4.98 Å². The fraction of sp³-hybridized carbons (Fsp3) is 0.667. The number of hydrogen-bond acceptors (Lipinski definition) is 4. The fourth-order valence-electron chi connectivity index (χ4n) is 2.06. The van der Waals surface area contributed by atoms with Crippen LogP contribution in [0.4, 0.5) is 0 Å². The van der Waals surface area contributed by atoms with Crippen molar-refractivity contribution in [3.05, 3.63) is 15.6 Å². The molecule has 0 aromatic carbocycles. The number of thiazole rings is 1. The maximum atomic E-state index is 11.7. The third-order valence-electron chi connectivity index (χ3n) is 2.89. The number of ketones is 1. The standard InChI is InChI=1S/C12H17NO2S/c1-7(2)11(15-3)12-13-10-8(14)5-4-6-9(10)16-12/h7,11H,4-6H2,1-3H3. The second-order valence-corrected chi connectivity index (χ2v) is 5.62. The monoisotopic (exact) mass is 239 g/mol. The molecule has 2 rings (SSSR count). The van der Waals surface area contributed by atoms with Gasteiger partial charge in [-0.3, -0.25) is 4.79 Å². The lowest BCUT2D eigenvalue weighted by Crippen LogP contribution is -2.11. The van der Waals surface area contributed by atoms with Crippen LogP contribution in [0.1, 0.15) is 53.2 Å². The minimum absolute atomic E-state index is 0.0170. The Bertz CT molecular complexity index is 398. The Kier molecular flexibility index (Phi) is 3.40. The number of rotatable bonds is 3. The number of carbonyl (C=O) groups excluding carboxylic acids is 1. The molecule has 88 valence electrons. The van der Waals surface area contributed by atoms with Crippen LogP contribution in [0.2, 0.25) is 0 Å². The van der Waals surface area contributed by atoms with E-state index in [4.69, 9.17) is 4.74 Å². The Balaban J connectivity index is 2.33. The van der Waals surface area contributed by atoms with Gasteiger partial charge in [0, 0.05) is 18.4 Å². The summed E-state index contributed by atoms with van der Waals surface area (Å²) >= 11 is 1.64. The maximum Gasteiger partial charge on any atom is 0.182 e. The van der Waals surface area contributed by atoms with Crippen LogP contribution in [-0.2, 0) is 11.2 Å². The van der Waals surface area contributed by atoms with Crippen LogP contribution in [0.3, 0.4) is 0 Å². The summed E-state index contributed by atoms with van der Waals surface area (Å²) in [5.41, 5.74) is 0.703. The number of fused-ring (bicyclic) bond motifs is 1. The zero-order chi connectivity index (χ0) is 11.7. The molecule has 0 amide bonds. The maximum absolute atomic E-state index is 11.7. The van der Waals surface area contributed by atoms with E-state index in [-0.39, 0.29) is 11.9 Å². The SMILES string of the molecule is COC(c1nc2c(s1)CCCC2=O)C(C)C. The van der Waals surface area contributed by atoms with Crippen molar-refractivity contribution in [3.63, 3.8) is 0 Å². The van der Waals surface area contributed by atoms with Crippen molar-refractivity contribution < 1.29 is 9.53 Å². The van der Waals surface area contributed by atoms with Crippen LogP contribution in [-0.4, -0.2) is 17.9 Å². The molecular formula is C12H17NO2S. The summed E-state index contributed by atoms with van der Waals surface area (Å²) in [7, 11) is 1.70. The molecule has 1 aliphatic carbocycles. The molecular weight excluding hydrogens is 222 g/mol. The molecule has 0 saturated heterocycles. The Morgan fingerprint density at radius 1 is 1.38 bits per heavy atom. The summed E-state index contributed by atoms with van der Waals surface area (Å²) in [5.74, 6) is 0.579. The summed E-state index contributed by atoms with van der Waals surface area (Å²) in [6.45, 7) is 4.22. The molecule has 0 saturated carbocycles. The average molecular weight is 239 g/mol. The number of carbonyl (C=O) groups is 1. The second-order valence-electron chi connectivity index (χ2n) is 4.50. The van der Waals surface area contributed by atoms with Crippen LogP contribution < -0.4 is 0 Å². The van der Waals surface area contributed by atoms with E-state index >= 15 is 0 Å². The molecule has 0 aliphatic heterocycles. The highest BCUT2D eigenvalue weighted by atomic mass is 32.1. The summed E-state index contributed by atoms with van der Waals surface area (Å²) < 4.78 is 5.45. The van der Waals surface area contributed by atoms with Gasteiger partial charge in [0.15, 0.2) is 5.78 Å². The molecule has 0 fully saturated rings. The van der Waals surface area contributed by atoms with E-state index < -0.39 is 0 Å². The largest absolute Gasteiger partial charge is 0.374 e. The fourth-order valence-corrected chi connectivity index (χ4v) is 3.44. The van der Waals surface area contributed by atoms with Gasteiger partial charge in [-0.15, -0.1) is 11.3 Å². The number of nitrogens with zero attached hydrogens (tertiary/aromatic N) is 1. The molecule has 0 bridgehead atoms. The predicted octanol–water partition coefficient (Wildman–Crippen LogP) is 3.01. The number of Topliss-reactive ketones (excluding diaryl/α,β-unsaturated/α-hetero) is 1. The molecule has 0 N–H and O–H groups in total. The normalized spacial score (nSPS) is 17.6. The first-order valence-electron chi connectivity index (χ1n) is 5.69. The molecule has 4 heteroatoms. The topological polar surface area (TPSA) is 39.2 Å². The van der Waals surface area contributed by atoms with E-state index in [1.807, 2.05) is 0 Å². The molecule has 1 atom stereocenters. The Morgan fingerprint density at radius 3 is 2.69 bits per heavy atom. The molecule has 1 aliphatic rings. The van der Waals surface area contributed by atoms with Crippen molar-refractivity contribution in [2.45, 2.75) is 39.2 Å². The van der Waals surface area contributed by atoms with Crippen molar-refractivity contribution in [2.75, 3.05) is 7.11 Å². The number of aryl methyl sites for hydroxylation is 1. The van der Waals surface area contributed by atoms with Gasteiger partial charge in [-0.1, -0.05) is 13.8 Å². The first-order valence-corrected chi connectivity index (χ1v) is 6.50. The van der Waals surface area contributed by atoms with Gasteiger partial charge in [0.25, 0.3) is 0 Å². The third-order valence-corrected chi connectivity index (χ3v) is 4.07. The lowest BCUT2D eigenvalue weighted by molar-refractivity contribution is 0.0642. The average Bonchev–Trinajstić information content (AvgIpc) is 2.63. The minimum atomic E-state index is 0.0170. The molecule has 0 radical (unpaired) electrons. The van der Waals surface area contributed by atoms with E-state index in [0.717, 1.165) is 22.7 Å². The first-order chi connectivity index (χ1) is 7.63. The van der Waals surface area contributed by atoms with Crippen molar-refractivity contribution >= 4 is 17.1 Å². The zero-order valence-corrected chi connectivity index (χ0v) is 10.8. The molecule has 1 aromatic heterocycles. The van der Waals surface area contributed by atoms with Crippen molar-refractivity contribution in [3.8, 4) is 0 Å². The number of methoxy groups -OCH3 is 1. The summed E-state index contributed by atoms with van der Waals surface area (Å²) in [6, 6.07) is 0. The van der Waals surface area contributed by atoms with Crippen LogP contribution in [0, 0.1) is 5.92 Å². The predicted molar refractivity (Wildman–Crippen MR) is 64.0 cm³/mol. The molecule has 1 aromatic rings. The van der Waals surface area contributed by atoms with Crippen LogP contribution in [0.25, 0.3) is 0 Å². The highest BCUT2D eigenvalue weighted by Gasteiger charge is 2.26. The van der Waals surface area contributed by atoms with Gasteiger partial charge in [-0.25, -0.2) is 4.98 Å². The zero-order valence-electron chi connectivity index (χ0n) is 9.95. The van der Waals surface area contributed by atoms with Crippen molar-refractivity contribution in [2.24, 2.45) is 5.92 Å². The summed E-state index contributed by atoms with van der Waals surface area (Å²) in [6.07, 6.45) is 2.62. The summed E-state index contributed by atoms with van der Waals surface area (Å²) in [5, 5.41) is 0.956. The van der Waals surface area contributed by atoms with E-state index in [1.54, 1.807) is 18.4 Å². The molecule has 1 heterocycles. The highest BCUT2D eigenvalue weighted by molar-refractivity contribution is 7.12. The van der Waals surface area contributed by atoms with E-state index in [0.29, 0.717) is 18.0 Å². The molecule has 1 unspecified atom stereocenters. The van der Waals surface area contributed by atoms with Gasteiger partial charge < -0.3 is 4.74 Å². The second kappa shape index (κ2) is 4.63. The first kappa shape index (κ1) is 11.7. The lowest BCUT2D eigenvalue weighted by Gasteiger charge is -2.15. The molecule has 16 heavy (non-hydrogen) atoms. The van der Waals surface area contributed by atoms with E-state index in [2.05, 4.69) is 18.8 Å². The Labute approximate surface area is 99.8 Å². The minimum Gasteiger partial charge on any atom is -0.374 e. The molecule has 0 spiro atoms. The van der Waals surface area contributed by atoms with Crippen LogP contribution >= 0.6 is 11.3 Å².